The number of sulfonamides is 1. The van der Waals surface area contributed by atoms with Crippen molar-refractivity contribution < 1.29 is 39.5 Å². The van der Waals surface area contributed by atoms with Gasteiger partial charge in [0.25, 0.3) is 0 Å². The maximum Gasteiger partial charge on any atom is 0.434 e. The molecule has 3 fully saturated rings. The number of pyridine rings is 1. The van der Waals surface area contributed by atoms with Crippen LogP contribution >= 0.6 is 0 Å². The number of aromatic nitrogens is 1. The summed E-state index contributed by atoms with van der Waals surface area (Å²) in [5.41, 5.74) is -4.15. The molecule has 1 aromatic rings. The zero-order valence-electron chi connectivity index (χ0n) is 15.6. The fraction of sp³-hybridized carbons (Fsp3) is 0.706. The summed E-state index contributed by atoms with van der Waals surface area (Å²) in [6, 6.07) is 0.952. The number of halogens is 6. The normalized spacial score (nSPS) is 23.9. The summed E-state index contributed by atoms with van der Waals surface area (Å²) in [5, 5.41) is 0. The Labute approximate surface area is 168 Å². The van der Waals surface area contributed by atoms with Gasteiger partial charge >= 0.3 is 12.4 Å². The van der Waals surface area contributed by atoms with Gasteiger partial charge in [0.2, 0.25) is 10.0 Å². The Bertz CT molecular complexity index is 914. The van der Waals surface area contributed by atoms with Crippen molar-refractivity contribution >= 4 is 10.0 Å². The van der Waals surface area contributed by atoms with Crippen molar-refractivity contribution in [2.75, 3.05) is 39.4 Å². The van der Waals surface area contributed by atoms with Crippen LogP contribution in [-0.2, 0) is 27.1 Å². The second kappa shape index (κ2) is 7.04. The summed E-state index contributed by atoms with van der Waals surface area (Å²) < 4.78 is 110. The van der Waals surface area contributed by atoms with Crippen LogP contribution in [-0.4, -0.2) is 68.0 Å². The molecule has 4 rings (SSSR count). The molecule has 6 nitrogen and oxygen atoms in total. The van der Waals surface area contributed by atoms with Crippen LogP contribution in [0.15, 0.2) is 17.0 Å². The molecule has 0 aliphatic carbocycles. The van der Waals surface area contributed by atoms with Gasteiger partial charge < -0.3 is 4.74 Å². The molecular weight excluding hydrogens is 440 g/mol. The van der Waals surface area contributed by atoms with Gasteiger partial charge in [-0.15, -0.1) is 0 Å². The first-order chi connectivity index (χ1) is 13.8. The zero-order valence-corrected chi connectivity index (χ0v) is 16.4. The Balaban J connectivity index is 1.50. The Morgan fingerprint density at radius 1 is 0.967 bits per heavy atom. The molecule has 0 unspecified atom stereocenters. The predicted octanol–water partition coefficient (Wildman–Crippen LogP) is 2.60. The fourth-order valence-corrected chi connectivity index (χ4v) is 6.16. The number of hydrogen-bond acceptors (Lipinski definition) is 5. The minimum atomic E-state index is -5.34. The Morgan fingerprint density at radius 3 is 2.10 bits per heavy atom. The lowest BCUT2D eigenvalue weighted by atomic mass is 9.73. The van der Waals surface area contributed by atoms with E-state index >= 15 is 0 Å². The van der Waals surface area contributed by atoms with Crippen LogP contribution < -0.4 is 0 Å². The zero-order chi connectivity index (χ0) is 21.9. The molecule has 0 N–H and O–H groups in total. The van der Waals surface area contributed by atoms with E-state index in [9.17, 15) is 34.8 Å². The highest BCUT2D eigenvalue weighted by Crippen LogP contribution is 2.45. The molecule has 1 spiro atoms. The first kappa shape index (κ1) is 21.8. The number of likely N-dealkylation sites (tertiary alicyclic amines) is 1. The van der Waals surface area contributed by atoms with E-state index in [1.807, 2.05) is 0 Å². The van der Waals surface area contributed by atoms with Crippen molar-refractivity contribution in [2.24, 2.45) is 5.41 Å². The summed E-state index contributed by atoms with van der Waals surface area (Å²) in [4.78, 5) is 3.55. The SMILES string of the molecule is O=S(=O)(c1ccc(C(F)(F)F)nc1C(F)(F)F)N1CC2(CN(C3CCOCC3)C2)C1. The van der Waals surface area contributed by atoms with Gasteiger partial charge in [0.05, 0.1) is 0 Å². The highest BCUT2D eigenvalue weighted by molar-refractivity contribution is 7.89. The Hall–Kier alpha value is -1.44. The minimum absolute atomic E-state index is 0.0351. The quantitative estimate of drug-likeness (QED) is 0.651. The van der Waals surface area contributed by atoms with Gasteiger partial charge in [-0.25, -0.2) is 13.4 Å². The van der Waals surface area contributed by atoms with E-state index in [4.69, 9.17) is 4.74 Å². The van der Waals surface area contributed by atoms with Crippen molar-refractivity contribution in [3.05, 3.63) is 23.5 Å². The third-order valence-electron chi connectivity index (χ3n) is 5.84. The highest BCUT2D eigenvalue weighted by Gasteiger charge is 2.57. The second-order valence-corrected chi connectivity index (χ2v) is 9.97. The van der Waals surface area contributed by atoms with E-state index in [2.05, 4.69) is 9.88 Å². The molecule has 4 heterocycles. The molecule has 1 aromatic heterocycles. The van der Waals surface area contributed by atoms with Crippen molar-refractivity contribution in [3.8, 4) is 0 Å². The van der Waals surface area contributed by atoms with Crippen molar-refractivity contribution in [1.29, 1.82) is 0 Å². The van der Waals surface area contributed by atoms with Crippen LogP contribution in [0.2, 0.25) is 0 Å². The topological polar surface area (TPSA) is 62.7 Å². The van der Waals surface area contributed by atoms with E-state index in [1.54, 1.807) is 0 Å². The van der Waals surface area contributed by atoms with Gasteiger partial charge in [-0.05, 0) is 25.0 Å². The summed E-state index contributed by atoms with van der Waals surface area (Å²) in [6.45, 7) is 2.68. The lowest BCUT2D eigenvalue weighted by Crippen LogP contribution is -2.74. The maximum absolute atomic E-state index is 13.3. The van der Waals surface area contributed by atoms with Crippen LogP contribution in [0.5, 0.6) is 0 Å². The third kappa shape index (κ3) is 3.80. The van der Waals surface area contributed by atoms with E-state index in [0.717, 1.165) is 17.1 Å². The maximum atomic E-state index is 13.3. The van der Waals surface area contributed by atoms with Crippen LogP contribution in [0, 0.1) is 5.41 Å². The number of rotatable bonds is 3. The van der Waals surface area contributed by atoms with Gasteiger partial charge in [-0.3, -0.25) is 4.90 Å². The molecule has 0 atom stereocenters. The fourth-order valence-electron chi connectivity index (χ4n) is 4.35. The van der Waals surface area contributed by atoms with E-state index in [-0.39, 0.29) is 24.6 Å². The van der Waals surface area contributed by atoms with Gasteiger partial charge in [0.15, 0.2) is 5.69 Å². The Morgan fingerprint density at radius 2 is 1.57 bits per heavy atom. The minimum Gasteiger partial charge on any atom is -0.381 e. The van der Waals surface area contributed by atoms with Gasteiger partial charge in [0.1, 0.15) is 10.6 Å². The standard InChI is InChI=1S/C17H19F6N3O3S/c18-16(19,20)13-2-1-12(14(24-13)17(21,22)23)30(27,28)26-9-15(10-26)7-25(8-15)11-3-5-29-6-4-11/h1-2,11H,3-10H2. The predicted molar refractivity (Wildman–Crippen MR) is 90.8 cm³/mol. The first-order valence-electron chi connectivity index (χ1n) is 9.29. The molecular formula is C17H19F6N3O3S. The van der Waals surface area contributed by atoms with Crippen molar-refractivity contribution in [2.45, 2.75) is 36.1 Å². The molecule has 0 bridgehead atoms. The molecule has 13 heteroatoms. The largest absolute Gasteiger partial charge is 0.434 e. The second-order valence-electron chi connectivity index (χ2n) is 8.06. The van der Waals surface area contributed by atoms with Crippen LogP contribution in [0.3, 0.4) is 0 Å². The van der Waals surface area contributed by atoms with Gasteiger partial charge in [-0.2, -0.15) is 30.6 Å². The third-order valence-corrected chi connectivity index (χ3v) is 7.67. The monoisotopic (exact) mass is 459 g/mol. The van der Waals surface area contributed by atoms with Crippen LogP contribution in [0.25, 0.3) is 0 Å². The summed E-state index contributed by atoms with van der Waals surface area (Å²) in [6.07, 6.45) is -8.71. The number of hydrogen-bond donors (Lipinski definition) is 0. The molecule has 168 valence electrons. The lowest BCUT2D eigenvalue weighted by molar-refractivity contribution is -0.151. The van der Waals surface area contributed by atoms with Gasteiger partial charge in [-0.1, -0.05) is 0 Å². The lowest BCUT2D eigenvalue weighted by Gasteiger charge is -2.61. The average Bonchev–Trinajstić information content (AvgIpc) is 2.58. The average molecular weight is 459 g/mol. The van der Waals surface area contributed by atoms with Gasteiger partial charge in [0, 0.05) is 50.8 Å². The first-order valence-corrected chi connectivity index (χ1v) is 10.7. The molecule has 3 aliphatic rings. The van der Waals surface area contributed by atoms with Crippen LogP contribution in [0.1, 0.15) is 24.2 Å². The number of nitrogens with zero attached hydrogens (tertiary/aromatic N) is 3. The molecule has 0 radical (unpaired) electrons. The molecule has 0 saturated carbocycles. The van der Waals surface area contributed by atoms with E-state index in [1.165, 1.54) is 0 Å². The van der Waals surface area contributed by atoms with Crippen molar-refractivity contribution in [3.63, 3.8) is 0 Å². The Kier molecular flexibility index (Phi) is 5.11. The van der Waals surface area contributed by atoms with E-state index in [0.29, 0.717) is 38.4 Å². The summed E-state index contributed by atoms with van der Waals surface area (Å²) in [7, 11) is -4.62. The van der Waals surface area contributed by atoms with Crippen molar-refractivity contribution in [1.82, 2.24) is 14.2 Å². The van der Waals surface area contributed by atoms with E-state index < -0.39 is 38.7 Å². The number of ether oxygens (including phenoxy) is 1. The summed E-state index contributed by atoms with van der Waals surface area (Å²) >= 11 is 0. The molecule has 3 aliphatic heterocycles. The molecule has 30 heavy (non-hydrogen) atoms. The molecule has 3 saturated heterocycles. The highest BCUT2D eigenvalue weighted by atomic mass is 32.2. The molecule has 0 aromatic carbocycles. The smallest absolute Gasteiger partial charge is 0.381 e. The number of alkyl halides is 6. The summed E-state index contributed by atoms with van der Waals surface area (Å²) in [5.74, 6) is 0. The van der Waals surface area contributed by atoms with Crippen LogP contribution in [0.4, 0.5) is 26.3 Å². The molecule has 0 amide bonds.